The van der Waals surface area contributed by atoms with E-state index in [0.29, 0.717) is 0 Å². The lowest BCUT2D eigenvalue weighted by Gasteiger charge is -2.26. The van der Waals surface area contributed by atoms with Crippen LogP contribution in [0.2, 0.25) is 0 Å². The number of hydrogen-bond acceptors (Lipinski definition) is 4. The summed E-state index contributed by atoms with van der Waals surface area (Å²) in [5.74, 6) is -3.28. The number of carbonyl (C=O) groups excluding carboxylic acids is 1. The summed E-state index contributed by atoms with van der Waals surface area (Å²) in [4.78, 5) is 24.6. The summed E-state index contributed by atoms with van der Waals surface area (Å²) in [6.07, 6.45) is 0.201. The first-order valence-electron chi connectivity index (χ1n) is 10.1. The van der Waals surface area contributed by atoms with Crippen LogP contribution < -0.4 is 5.32 Å². The van der Waals surface area contributed by atoms with E-state index in [0.717, 1.165) is 16.3 Å². The smallest absolute Gasteiger partial charge is 0.326 e. The summed E-state index contributed by atoms with van der Waals surface area (Å²) in [5.41, 5.74) is 0.855. The van der Waals surface area contributed by atoms with E-state index in [1.165, 1.54) is 0 Å². The van der Waals surface area contributed by atoms with E-state index in [1.54, 1.807) is 34.6 Å². The van der Waals surface area contributed by atoms with Gasteiger partial charge in [0.2, 0.25) is 5.91 Å². The molecule has 2 rings (SSSR count). The first kappa shape index (κ1) is 23.9. The van der Waals surface area contributed by atoms with Gasteiger partial charge in [0, 0.05) is 0 Å². The molecule has 0 heterocycles. The Balaban J connectivity index is 2.43. The predicted molar refractivity (Wildman–Crippen MR) is 119 cm³/mol. The molecule has 7 heteroatoms. The van der Waals surface area contributed by atoms with E-state index >= 15 is 0 Å². The van der Waals surface area contributed by atoms with Crippen LogP contribution in [-0.4, -0.2) is 41.9 Å². The van der Waals surface area contributed by atoms with Gasteiger partial charge in [-0.2, -0.15) is 0 Å². The van der Waals surface area contributed by atoms with Crippen LogP contribution in [0.15, 0.2) is 42.5 Å². The van der Waals surface area contributed by atoms with Gasteiger partial charge >= 0.3 is 5.97 Å². The number of aliphatic carboxylic acids is 1. The van der Waals surface area contributed by atoms with Gasteiger partial charge in [0.05, 0.1) is 16.4 Å². The van der Waals surface area contributed by atoms with Crippen molar-refractivity contribution >= 4 is 32.5 Å². The molecule has 2 N–H and O–H groups in total. The monoisotopic (exact) mass is 433 g/mol. The van der Waals surface area contributed by atoms with Crippen LogP contribution in [0.25, 0.3) is 10.8 Å². The van der Waals surface area contributed by atoms with E-state index in [1.807, 2.05) is 42.5 Å². The van der Waals surface area contributed by atoms with Crippen molar-refractivity contribution in [2.75, 3.05) is 5.75 Å². The van der Waals surface area contributed by atoms with E-state index in [-0.39, 0.29) is 18.1 Å². The summed E-state index contributed by atoms with van der Waals surface area (Å²) in [7, 11) is -3.60. The van der Waals surface area contributed by atoms with E-state index in [2.05, 4.69) is 5.32 Å². The zero-order valence-electron chi connectivity index (χ0n) is 18.2. The maximum absolute atomic E-state index is 13.1. The Morgan fingerprint density at radius 1 is 1.03 bits per heavy atom. The van der Waals surface area contributed by atoms with Gasteiger partial charge < -0.3 is 10.4 Å². The van der Waals surface area contributed by atoms with Gasteiger partial charge in [-0.15, -0.1) is 0 Å². The molecule has 0 aliphatic rings. The zero-order chi connectivity index (χ0) is 22.7. The number of amides is 1. The lowest BCUT2D eigenvalue weighted by Crippen LogP contribution is -2.49. The molecule has 0 saturated heterocycles. The van der Waals surface area contributed by atoms with Crippen molar-refractivity contribution in [2.45, 2.75) is 51.8 Å². The standard InChI is InChI=1S/C23H31NO5S/c1-15(2)20(22(26)27)24-21(25)18(14-30(28,29)23(3,4)5)13-17-11-8-10-16-9-6-7-12-19(16)17/h6-12,15,18,20H,13-14H2,1-5H3,(H,24,25)(H,26,27)/t18?,20-/m0/s1. The molecule has 1 unspecified atom stereocenters. The fraction of sp³-hybridized carbons (Fsp3) is 0.478. The molecular weight excluding hydrogens is 402 g/mol. The summed E-state index contributed by atoms with van der Waals surface area (Å²) in [5, 5.41) is 13.9. The average Bonchev–Trinajstić information content (AvgIpc) is 2.64. The molecule has 2 atom stereocenters. The maximum Gasteiger partial charge on any atom is 0.326 e. The number of hydrogen-bond donors (Lipinski definition) is 2. The fourth-order valence-electron chi connectivity index (χ4n) is 3.26. The van der Waals surface area contributed by atoms with Crippen LogP contribution in [0, 0.1) is 11.8 Å². The number of rotatable bonds is 8. The van der Waals surface area contributed by atoms with Gasteiger partial charge in [0.1, 0.15) is 6.04 Å². The fourth-order valence-corrected chi connectivity index (χ4v) is 4.56. The van der Waals surface area contributed by atoms with E-state index < -0.39 is 38.4 Å². The summed E-state index contributed by atoms with van der Waals surface area (Å²) in [6, 6.07) is 12.3. The zero-order valence-corrected chi connectivity index (χ0v) is 19.0. The number of nitrogens with one attached hydrogen (secondary N) is 1. The molecule has 0 saturated carbocycles. The highest BCUT2D eigenvalue weighted by atomic mass is 32.2. The Hall–Kier alpha value is -2.41. The SMILES string of the molecule is CC(C)[C@H](NC(=O)C(Cc1cccc2ccccc12)CS(=O)(=O)C(C)(C)C)C(=O)O. The van der Waals surface area contributed by atoms with Crippen molar-refractivity contribution in [3.8, 4) is 0 Å². The second-order valence-corrected chi connectivity index (χ2v) is 11.8. The Morgan fingerprint density at radius 2 is 1.63 bits per heavy atom. The molecule has 2 aromatic carbocycles. The molecule has 6 nitrogen and oxygen atoms in total. The summed E-state index contributed by atoms with van der Waals surface area (Å²) in [6.45, 7) is 8.20. The van der Waals surface area contributed by atoms with Crippen LogP contribution in [0.1, 0.15) is 40.2 Å². The van der Waals surface area contributed by atoms with Crippen LogP contribution in [-0.2, 0) is 25.8 Å². The van der Waals surface area contributed by atoms with Crippen LogP contribution in [0.3, 0.4) is 0 Å². The quantitative estimate of drug-likeness (QED) is 0.664. The maximum atomic E-state index is 13.1. The minimum absolute atomic E-state index is 0.201. The Bertz CT molecular complexity index is 1020. The Morgan fingerprint density at radius 3 is 2.20 bits per heavy atom. The summed E-state index contributed by atoms with van der Waals surface area (Å²) < 4.78 is 24.7. The lowest BCUT2D eigenvalue weighted by atomic mass is 9.94. The van der Waals surface area contributed by atoms with E-state index in [9.17, 15) is 23.1 Å². The molecule has 164 valence electrons. The third kappa shape index (κ3) is 5.59. The van der Waals surface area contributed by atoms with Gasteiger partial charge in [-0.3, -0.25) is 4.79 Å². The van der Waals surface area contributed by atoms with Crippen LogP contribution >= 0.6 is 0 Å². The number of carboxylic acids is 1. The van der Waals surface area contributed by atoms with Gasteiger partial charge in [-0.25, -0.2) is 13.2 Å². The van der Waals surface area contributed by atoms with Crippen molar-refractivity contribution in [3.63, 3.8) is 0 Å². The minimum atomic E-state index is -3.60. The first-order valence-corrected chi connectivity index (χ1v) is 11.7. The molecule has 0 spiro atoms. The molecule has 0 radical (unpaired) electrons. The van der Waals surface area contributed by atoms with Crippen LogP contribution in [0.5, 0.6) is 0 Å². The Kier molecular flexibility index (Phi) is 7.29. The second-order valence-electron chi connectivity index (χ2n) is 9.00. The third-order valence-electron chi connectivity index (χ3n) is 5.30. The highest BCUT2D eigenvalue weighted by Gasteiger charge is 2.36. The number of sulfone groups is 1. The third-order valence-corrected chi connectivity index (χ3v) is 8.01. The van der Waals surface area contributed by atoms with Crippen molar-refractivity contribution in [1.29, 1.82) is 0 Å². The molecule has 30 heavy (non-hydrogen) atoms. The highest BCUT2D eigenvalue weighted by Crippen LogP contribution is 2.25. The molecule has 0 aliphatic heterocycles. The van der Waals surface area contributed by atoms with Crippen molar-refractivity contribution in [3.05, 3.63) is 48.0 Å². The molecule has 0 fully saturated rings. The van der Waals surface area contributed by atoms with E-state index in [4.69, 9.17) is 0 Å². The van der Waals surface area contributed by atoms with Crippen molar-refractivity contribution in [2.24, 2.45) is 11.8 Å². The van der Waals surface area contributed by atoms with Crippen LogP contribution in [0.4, 0.5) is 0 Å². The number of fused-ring (bicyclic) bond motifs is 1. The molecule has 1 amide bonds. The predicted octanol–water partition coefficient (Wildman–Crippen LogP) is 3.44. The van der Waals surface area contributed by atoms with Gasteiger partial charge in [-0.1, -0.05) is 56.3 Å². The second kappa shape index (κ2) is 9.16. The number of benzene rings is 2. The molecule has 0 aromatic heterocycles. The molecule has 0 aliphatic carbocycles. The summed E-state index contributed by atoms with van der Waals surface area (Å²) >= 11 is 0. The van der Waals surface area contributed by atoms with Crippen molar-refractivity contribution in [1.82, 2.24) is 5.32 Å². The van der Waals surface area contributed by atoms with Gasteiger partial charge in [-0.05, 0) is 49.4 Å². The Labute approximate surface area is 178 Å². The minimum Gasteiger partial charge on any atom is -0.480 e. The lowest BCUT2D eigenvalue weighted by molar-refractivity contribution is -0.143. The number of carboxylic acid groups (broad SMARTS) is 1. The number of carbonyl (C=O) groups is 2. The average molecular weight is 434 g/mol. The van der Waals surface area contributed by atoms with Gasteiger partial charge in [0.25, 0.3) is 0 Å². The normalized spacial score (nSPS) is 14.5. The first-order chi connectivity index (χ1) is 13.8. The molecular formula is C23H31NO5S. The molecule has 2 aromatic rings. The largest absolute Gasteiger partial charge is 0.480 e. The topological polar surface area (TPSA) is 101 Å². The molecule has 0 bridgehead atoms. The highest BCUT2D eigenvalue weighted by molar-refractivity contribution is 7.92. The van der Waals surface area contributed by atoms with Crippen molar-refractivity contribution < 1.29 is 23.1 Å². The van der Waals surface area contributed by atoms with Gasteiger partial charge in [0.15, 0.2) is 9.84 Å².